The maximum atomic E-state index is 12.1. The Morgan fingerprint density at radius 3 is 2.68 bits per heavy atom. The van der Waals surface area contributed by atoms with Crippen LogP contribution < -0.4 is 5.32 Å². The molecule has 6 heteroatoms. The van der Waals surface area contributed by atoms with E-state index in [-0.39, 0.29) is 5.75 Å². The van der Waals surface area contributed by atoms with Gasteiger partial charge in [0.2, 0.25) is 10.0 Å². The van der Waals surface area contributed by atoms with Crippen molar-refractivity contribution in [2.75, 3.05) is 52.6 Å². The van der Waals surface area contributed by atoms with Gasteiger partial charge in [0.15, 0.2) is 0 Å². The maximum absolute atomic E-state index is 12.1. The molecule has 1 atom stereocenters. The molecule has 19 heavy (non-hydrogen) atoms. The highest BCUT2D eigenvalue weighted by Crippen LogP contribution is 2.16. The standard InChI is InChI=1S/C13H29N3O2S/c1-4-14-8-5-6-10-19(17,18)16(3)12-13-7-9-15(2)11-13/h13-14H,4-12H2,1-3H3. The molecule has 1 aliphatic heterocycles. The van der Waals surface area contributed by atoms with Crippen molar-refractivity contribution in [1.29, 1.82) is 0 Å². The van der Waals surface area contributed by atoms with Gasteiger partial charge in [0.1, 0.15) is 0 Å². The molecular formula is C13H29N3O2S. The van der Waals surface area contributed by atoms with Gasteiger partial charge < -0.3 is 10.2 Å². The lowest BCUT2D eigenvalue weighted by Gasteiger charge is -2.20. The topological polar surface area (TPSA) is 52.7 Å². The van der Waals surface area contributed by atoms with E-state index in [1.807, 2.05) is 0 Å². The number of nitrogens with zero attached hydrogens (tertiary/aromatic N) is 2. The van der Waals surface area contributed by atoms with Crippen LogP contribution in [0.2, 0.25) is 0 Å². The number of sulfonamides is 1. The number of likely N-dealkylation sites (tertiary alicyclic amines) is 1. The molecule has 1 N–H and O–H groups in total. The van der Waals surface area contributed by atoms with E-state index < -0.39 is 10.0 Å². The summed E-state index contributed by atoms with van der Waals surface area (Å²) in [6, 6.07) is 0. The van der Waals surface area contributed by atoms with Crippen LogP contribution in [-0.2, 0) is 10.0 Å². The number of unbranched alkanes of at least 4 members (excludes halogenated alkanes) is 1. The highest BCUT2D eigenvalue weighted by molar-refractivity contribution is 7.89. The second kappa shape index (κ2) is 8.19. The number of hydrogen-bond acceptors (Lipinski definition) is 4. The van der Waals surface area contributed by atoms with Crippen LogP contribution >= 0.6 is 0 Å². The zero-order valence-electron chi connectivity index (χ0n) is 12.6. The fraction of sp³-hybridized carbons (Fsp3) is 1.00. The summed E-state index contributed by atoms with van der Waals surface area (Å²) in [5.41, 5.74) is 0. The van der Waals surface area contributed by atoms with Gasteiger partial charge in [0.25, 0.3) is 0 Å². The first kappa shape index (κ1) is 16.9. The van der Waals surface area contributed by atoms with E-state index in [1.165, 1.54) is 0 Å². The SMILES string of the molecule is CCNCCCCS(=O)(=O)N(C)CC1CCN(C)C1. The van der Waals surface area contributed by atoms with E-state index in [4.69, 9.17) is 0 Å². The van der Waals surface area contributed by atoms with Crippen molar-refractivity contribution in [3.05, 3.63) is 0 Å². The molecule has 1 saturated heterocycles. The van der Waals surface area contributed by atoms with Gasteiger partial charge in [-0.1, -0.05) is 6.92 Å². The zero-order valence-corrected chi connectivity index (χ0v) is 13.4. The Morgan fingerprint density at radius 1 is 1.37 bits per heavy atom. The molecule has 0 aromatic carbocycles. The minimum Gasteiger partial charge on any atom is -0.317 e. The van der Waals surface area contributed by atoms with Crippen molar-refractivity contribution in [2.45, 2.75) is 26.2 Å². The number of rotatable bonds is 9. The van der Waals surface area contributed by atoms with E-state index in [9.17, 15) is 8.42 Å². The monoisotopic (exact) mass is 291 g/mol. The molecule has 0 saturated carbocycles. The highest BCUT2D eigenvalue weighted by Gasteiger charge is 2.25. The molecule has 1 aliphatic rings. The first-order chi connectivity index (χ1) is 8.95. The molecule has 1 fully saturated rings. The second-order valence-electron chi connectivity index (χ2n) is 5.57. The molecule has 1 rings (SSSR count). The third-order valence-corrected chi connectivity index (χ3v) is 5.64. The molecule has 1 unspecified atom stereocenters. The normalized spacial score (nSPS) is 21.4. The summed E-state index contributed by atoms with van der Waals surface area (Å²) >= 11 is 0. The predicted molar refractivity (Wildman–Crippen MR) is 79.8 cm³/mol. The van der Waals surface area contributed by atoms with Gasteiger partial charge in [-0.25, -0.2) is 12.7 Å². The summed E-state index contributed by atoms with van der Waals surface area (Å²) in [5.74, 6) is 0.767. The molecule has 0 bridgehead atoms. The summed E-state index contributed by atoms with van der Waals surface area (Å²) < 4.78 is 25.8. The van der Waals surface area contributed by atoms with E-state index >= 15 is 0 Å². The molecule has 5 nitrogen and oxygen atoms in total. The van der Waals surface area contributed by atoms with E-state index in [2.05, 4.69) is 24.2 Å². The van der Waals surface area contributed by atoms with Crippen molar-refractivity contribution in [1.82, 2.24) is 14.5 Å². The molecule has 0 radical (unpaired) electrons. The average Bonchev–Trinajstić information content (AvgIpc) is 2.74. The molecule has 0 spiro atoms. The highest BCUT2D eigenvalue weighted by atomic mass is 32.2. The maximum Gasteiger partial charge on any atom is 0.213 e. The third kappa shape index (κ3) is 6.21. The first-order valence-electron chi connectivity index (χ1n) is 7.29. The molecule has 0 aromatic rings. The van der Waals surface area contributed by atoms with E-state index in [1.54, 1.807) is 11.4 Å². The number of nitrogens with one attached hydrogen (secondary N) is 1. The van der Waals surface area contributed by atoms with Crippen molar-refractivity contribution in [3.63, 3.8) is 0 Å². The lowest BCUT2D eigenvalue weighted by atomic mass is 10.1. The van der Waals surface area contributed by atoms with Gasteiger partial charge in [0.05, 0.1) is 5.75 Å². The van der Waals surface area contributed by atoms with Crippen LogP contribution in [0.15, 0.2) is 0 Å². The zero-order chi connectivity index (χ0) is 14.3. The van der Waals surface area contributed by atoms with Gasteiger partial charge in [-0.05, 0) is 51.9 Å². The quantitative estimate of drug-likeness (QED) is 0.632. The summed E-state index contributed by atoms with van der Waals surface area (Å²) in [6.07, 6.45) is 2.77. The van der Waals surface area contributed by atoms with Crippen LogP contribution in [0.1, 0.15) is 26.2 Å². The van der Waals surface area contributed by atoms with Crippen LogP contribution in [-0.4, -0.2) is 70.2 Å². The Hall–Kier alpha value is -0.170. The van der Waals surface area contributed by atoms with Gasteiger partial charge in [0, 0.05) is 20.1 Å². The van der Waals surface area contributed by atoms with Crippen molar-refractivity contribution >= 4 is 10.0 Å². The Balaban J connectivity index is 2.26. The van der Waals surface area contributed by atoms with Crippen LogP contribution in [0.5, 0.6) is 0 Å². The summed E-state index contributed by atoms with van der Waals surface area (Å²) in [4.78, 5) is 2.27. The van der Waals surface area contributed by atoms with Crippen LogP contribution in [0.3, 0.4) is 0 Å². The van der Waals surface area contributed by atoms with Gasteiger partial charge >= 0.3 is 0 Å². The first-order valence-corrected chi connectivity index (χ1v) is 8.90. The third-order valence-electron chi connectivity index (χ3n) is 3.73. The summed E-state index contributed by atoms with van der Waals surface area (Å²) in [5, 5.41) is 3.21. The Kier molecular flexibility index (Phi) is 7.28. The lowest BCUT2D eigenvalue weighted by Crippen LogP contribution is -2.34. The minimum absolute atomic E-state index is 0.275. The molecule has 0 aromatic heterocycles. The molecule has 0 amide bonds. The summed E-state index contributed by atoms with van der Waals surface area (Å²) in [6.45, 7) is 6.68. The van der Waals surface area contributed by atoms with Gasteiger partial charge in [-0.3, -0.25) is 0 Å². The lowest BCUT2D eigenvalue weighted by molar-refractivity contribution is 0.356. The van der Waals surface area contributed by atoms with Gasteiger partial charge in [-0.2, -0.15) is 0 Å². The molecule has 0 aliphatic carbocycles. The van der Waals surface area contributed by atoms with Crippen molar-refractivity contribution < 1.29 is 8.42 Å². The molecule has 1 heterocycles. The molecule has 114 valence electrons. The van der Waals surface area contributed by atoms with E-state index in [0.29, 0.717) is 12.5 Å². The van der Waals surface area contributed by atoms with Crippen molar-refractivity contribution in [3.8, 4) is 0 Å². The van der Waals surface area contributed by atoms with Crippen LogP contribution in [0.25, 0.3) is 0 Å². The Labute approximate surface area is 118 Å². The largest absolute Gasteiger partial charge is 0.317 e. The fourth-order valence-corrected chi connectivity index (χ4v) is 3.84. The second-order valence-corrected chi connectivity index (χ2v) is 7.77. The Bertz CT molecular complexity index is 346. The smallest absolute Gasteiger partial charge is 0.213 e. The summed E-state index contributed by atoms with van der Waals surface area (Å²) in [7, 11) is 0.747. The van der Waals surface area contributed by atoms with E-state index in [0.717, 1.165) is 45.4 Å². The van der Waals surface area contributed by atoms with Crippen molar-refractivity contribution in [2.24, 2.45) is 5.92 Å². The predicted octanol–water partition coefficient (Wildman–Crippen LogP) is 0.589. The molecular weight excluding hydrogens is 262 g/mol. The Morgan fingerprint density at radius 2 is 2.11 bits per heavy atom. The van der Waals surface area contributed by atoms with Gasteiger partial charge in [-0.15, -0.1) is 0 Å². The fourth-order valence-electron chi connectivity index (χ4n) is 2.52. The van der Waals surface area contributed by atoms with Crippen LogP contribution in [0.4, 0.5) is 0 Å². The number of hydrogen-bond donors (Lipinski definition) is 1. The average molecular weight is 291 g/mol. The minimum atomic E-state index is -3.07. The van der Waals surface area contributed by atoms with Crippen LogP contribution in [0, 0.1) is 5.92 Å².